The molecule has 2 aliphatic heterocycles. The lowest BCUT2D eigenvalue weighted by Crippen LogP contribution is -2.48. The van der Waals surface area contributed by atoms with E-state index in [1.807, 2.05) is 12.1 Å². The predicted octanol–water partition coefficient (Wildman–Crippen LogP) is 1.99. The van der Waals surface area contributed by atoms with E-state index in [-0.39, 0.29) is 4.90 Å². The van der Waals surface area contributed by atoms with Gasteiger partial charge in [-0.2, -0.15) is 9.40 Å². The van der Waals surface area contributed by atoms with E-state index in [1.165, 1.54) is 11.8 Å². The predicted molar refractivity (Wildman–Crippen MR) is 100 cm³/mol. The highest BCUT2D eigenvalue weighted by molar-refractivity contribution is 7.89. The molecule has 7 nitrogen and oxygen atoms in total. The SMILES string of the molecule is COc1cccc2c1C1(CCN(S(=O)(=O)c3cnn(C)c3C)CC1)OCC2. The fourth-order valence-electron chi connectivity index (χ4n) is 4.25. The van der Waals surface area contributed by atoms with Gasteiger partial charge >= 0.3 is 0 Å². The Balaban J connectivity index is 1.63. The first-order valence-corrected chi connectivity index (χ1v) is 10.6. The maximum atomic E-state index is 13.1. The summed E-state index contributed by atoms with van der Waals surface area (Å²) in [7, 11) is -0.139. The minimum absolute atomic E-state index is 0.281. The molecule has 0 atom stereocenters. The molecule has 2 aromatic rings. The van der Waals surface area contributed by atoms with Crippen molar-refractivity contribution in [2.24, 2.45) is 7.05 Å². The molecule has 4 rings (SSSR count). The van der Waals surface area contributed by atoms with E-state index < -0.39 is 15.6 Å². The smallest absolute Gasteiger partial charge is 0.246 e. The van der Waals surface area contributed by atoms with E-state index >= 15 is 0 Å². The third-order valence-corrected chi connectivity index (χ3v) is 7.88. The van der Waals surface area contributed by atoms with Crippen LogP contribution < -0.4 is 4.74 Å². The average molecular weight is 391 g/mol. The number of rotatable bonds is 3. The lowest BCUT2D eigenvalue weighted by Gasteiger charge is -2.45. The Bertz CT molecular complexity index is 945. The molecule has 3 heterocycles. The maximum absolute atomic E-state index is 13.1. The molecule has 1 aromatic heterocycles. The van der Waals surface area contributed by atoms with Crippen LogP contribution in [0.2, 0.25) is 0 Å². The van der Waals surface area contributed by atoms with Gasteiger partial charge in [-0.3, -0.25) is 4.68 Å². The summed E-state index contributed by atoms with van der Waals surface area (Å²) in [5, 5.41) is 4.08. The summed E-state index contributed by atoms with van der Waals surface area (Å²) < 4.78 is 41.1. The van der Waals surface area contributed by atoms with Crippen LogP contribution in [0.3, 0.4) is 0 Å². The number of hydrogen-bond acceptors (Lipinski definition) is 5. The zero-order valence-corrected chi connectivity index (χ0v) is 16.8. The molecule has 0 unspecified atom stereocenters. The fraction of sp³-hybridized carbons (Fsp3) is 0.526. The molecular weight excluding hydrogens is 366 g/mol. The van der Waals surface area contributed by atoms with Crippen LogP contribution in [0.15, 0.2) is 29.3 Å². The van der Waals surface area contributed by atoms with Gasteiger partial charge in [0.25, 0.3) is 0 Å². The monoisotopic (exact) mass is 391 g/mol. The number of sulfonamides is 1. The lowest BCUT2D eigenvalue weighted by molar-refractivity contribution is -0.0904. The number of methoxy groups -OCH3 is 1. The van der Waals surface area contributed by atoms with E-state index in [0.29, 0.717) is 38.2 Å². The van der Waals surface area contributed by atoms with E-state index in [0.717, 1.165) is 17.7 Å². The van der Waals surface area contributed by atoms with Gasteiger partial charge in [0.1, 0.15) is 10.6 Å². The quantitative estimate of drug-likeness (QED) is 0.800. The Labute approximate surface area is 159 Å². The third kappa shape index (κ3) is 2.86. The Kier molecular flexibility index (Phi) is 4.52. The number of nitrogens with zero attached hydrogens (tertiary/aromatic N) is 3. The van der Waals surface area contributed by atoms with Crippen LogP contribution in [-0.2, 0) is 33.8 Å². The standard InChI is InChI=1S/C19H25N3O4S/c1-14-17(13-20-21(14)2)27(23,24)22-10-8-19(9-11-22)18-15(7-12-26-19)5-4-6-16(18)25-3/h4-6,13H,7-12H2,1-3H3. The van der Waals surface area contributed by atoms with Crippen molar-refractivity contribution in [2.45, 2.75) is 36.7 Å². The first-order chi connectivity index (χ1) is 12.9. The van der Waals surface area contributed by atoms with Crippen molar-refractivity contribution in [3.8, 4) is 5.75 Å². The minimum atomic E-state index is -3.56. The summed E-state index contributed by atoms with van der Waals surface area (Å²) in [6.45, 7) is 3.24. The molecule has 0 radical (unpaired) electrons. The lowest BCUT2D eigenvalue weighted by atomic mass is 9.79. The van der Waals surface area contributed by atoms with Gasteiger partial charge in [-0.1, -0.05) is 12.1 Å². The van der Waals surface area contributed by atoms with Crippen molar-refractivity contribution in [3.05, 3.63) is 41.2 Å². The molecule has 27 heavy (non-hydrogen) atoms. The summed E-state index contributed by atoms with van der Waals surface area (Å²) >= 11 is 0. The summed E-state index contributed by atoms with van der Waals surface area (Å²) in [5.41, 5.74) is 2.50. The number of benzene rings is 1. The highest BCUT2D eigenvalue weighted by atomic mass is 32.2. The molecule has 0 aliphatic carbocycles. The summed E-state index contributed by atoms with van der Waals surface area (Å²) in [4.78, 5) is 0.281. The zero-order valence-electron chi connectivity index (χ0n) is 15.9. The zero-order chi connectivity index (χ0) is 19.2. The molecule has 0 amide bonds. The second kappa shape index (κ2) is 6.61. The van der Waals surface area contributed by atoms with Crippen molar-refractivity contribution in [3.63, 3.8) is 0 Å². The van der Waals surface area contributed by atoms with Crippen LogP contribution in [0.1, 0.15) is 29.7 Å². The van der Waals surface area contributed by atoms with Gasteiger partial charge in [0, 0.05) is 25.7 Å². The number of aromatic nitrogens is 2. The highest BCUT2D eigenvalue weighted by Crippen LogP contribution is 2.46. The average Bonchev–Trinajstić information content (AvgIpc) is 3.01. The molecule has 146 valence electrons. The number of ether oxygens (including phenoxy) is 2. The second-order valence-electron chi connectivity index (χ2n) is 7.21. The molecule has 1 aromatic carbocycles. The molecule has 2 aliphatic rings. The van der Waals surface area contributed by atoms with Crippen molar-refractivity contribution < 1.29 is 17.9 Å². The van der Waals surface area contributed by atoms with Crippen molar-refractivity contribution in [1.82, 2.24) is 14.1 Å². The molecule has 1 fully saturated rings. The topological polar surface area (TPSA) is 73.7 Å². The minimum Gasteiger partial charge on any atom is -0.496 e. The van der Waals surface area contributed by atoms with Crippen LogP contribution in [0.4, 0.5) is 0 Å². The Morgan fingerprint density at radius 1 is 1.26 bits per heavy atom. The number of piperidine rings is 1. The van der Waals surface area contributed by atoms with Gasteiger partial charge in [0.15, 0.2) is 0 Å². The number of fused-ring (bicyclic) bond motifs is 2. The summed E-state index contributed by atoms with van der Waals surface area (Å²) in [6, 6.07) is 6.07. The largest absolute Gasteiger partial charge is 0.496 e. The molecule has 0 N–H and O–H groups in total. The van der Waals surface area contributed by atoms with E-state index in [2.05, 4.69) is 11.2 Å². The van der Waals surface area contributed by atoms with Gasteiger partial charge in [-0.15, -0.1) is 0 Å². The van der Waals surface area contributed by atoms with Crippen LogP contribution >= 0.6 is 0 Å². The summed E-state index contributed by atoms with van der Waals surface area (Å²) in [5.74, 6) is 0.826. The normalized spacial score (nSPS) is 19.8. The molecule has 0 saturated carbocycles. The first-order valence-electron chi connectivity index (χ1n) is 9.18. The molecule has 1 spiro atoms. The first kappa shape index (κ1) is 18.5. The van der Waals surface area contributed by atoms with Crippen LogP contribution in [-0.4, -0.2) is 49.3 Å². The maximum Gasteiger partial charge on any atom is 0.246 e. The van der Waals surface area contributed by atoms with E-state index in [1.54, 1.807) is 30.1 Å². The van der Waals surface area contributed by atoms with Gasteiger partial charge in [0.2, 0.25) is 10.0 Å². The second-order valence-corrected chi connectivity index (χ2v) is 9.12. The highest BCUT2D eigenvalue weighted by Gasteiger charge is 2.45. The number of hydrogen-bond donors (Lipinski definition) is 0. The van der Waals surface area contributed by atoms with Gasteiger partial charge < -0.3 is 9.47 Å². The Hall–Kier alpha value is -1.90. The van der Waals surface area contributed by atoms with Crippen molar-refractivity contribution in [2.75, 3.05) is 26.8 Å². The van der Waals surface area contributed by atoms with Crippen LogP contribution in [0.25, 0.3) is 0 Å². The van der Waals surface area contributed by atoms with Gasteiger partial charge in [-0.25, -0.2) is 8.42 Å². The fourth-order valence-corrected chi connectivity index (χ4v) is 5.88. The molecular formula is C19H25N3O4S. The van der Waals surface area contributed by atoms with Crippen molar-refractivity contribution >= 4 is 10.0 Å². The van der Waals surface area contributed by atoms with E-state index in [4.69, 9.17) is 9.47 Å². The van der Waals surface area contributed by atoms with Gasteiger partial charge in [0.05, 0.1) is 31.2 Å². The van der Waals surface area contributed by atoms with E-state index in [9.17, 15) is 8.42 Å². The molecule has 8 heteroatoms. The van der Waals surface area contributed by atoms with Crippen LogP contribution in [0.5, 0.6) is 5.75 Å². The third-order valence-electron chi connectivity index (χ3n) is 5.88. The summed E-state index contributed by atoms with van der Waals surface area (Å²) in [6.07, 6.45) is 3.51. The Morgan fingerprint density at radius 3 is 2.63 bits per heavy atom. The van der Waals surface area contributed by atoms with Crippen LogP contribution in [0, 0.1) is 6.92 Å². The molecule has 1 saturated heterocycles. The van der Waals surface area contributed by atoms with Crippen molar-refractivity contribution in [1.29, 1.82) is 0 Å². The number of aryl methyl sites for hydroxylation is 1. The molecule has 0 bridgehead atoms. The van der Waals surface area contributed by atoms with Gasteiger partial charge in [-0.05, 0) is 37.8 Å². The Morgan fingerprint density at radius 2 is 2.00 bits per heavy atom.